The number of amides is 3. The number of ether oxygens (including phenoxy) is 1. The Kier molecular flexibility index (Phi) is 8.39. The van der Waals surface area contributed by atoms with Gasteiger partial charge in [0, 0.05) is 37.5 Å². The molecule has 1 saturated heterocycles. The highest BCUT2D eigenvalue weighted by Crippen LogP contribution is 2.14. The molecule has 3 amide bonds. The number of nitrogens with one attached hydrogen (secondary N) is 3. The van der Waals surface area contributed by atoms with Crippen molar-refractivity contribution in [3.05, 3.63) is 24.3 Å². The molecule has 5 N–H and O–H groups in total. The molecule has 0 saturated carbocycles. The van der Waals surface area contributed by atoms with E-state index in [2.05, 4.69) is 16.0 Å². The number of benzene rings is 1. The number of hydrogen-bond acceptors (Lipinski definition) is 4. The molecule has 1 atom stereocenters. The van der Waals surface area contributed by atoms with E-state index in [0.29, 0.717) is 24.5 Å². The normalized spacial score (nSPS) is 16.3. The molecule has 0 aromatic heterocycles. The summed E-state index contributed by atoms with van der Waals surface area (Å²) in [7, 11) is 0. The van der Waals surface area contributed by atoms with Crippen LogP contribution in [0.4, 0.5) is 16.2 Å². The van der Waals surface area contributed by atoms with E-state index in [9.17, 15) is 9.59 Å². The minimum atomic E-state index is -0.268. The van der Waals surface area contributed by atoms with Gasteiger partial charge in [0.15, 0.2) is 0 Å². The van der Waals surface area contributed by atoms with Gasteiger partial charge in [0.1, 0.15) is 0 Å². The summed E-state index contributed by atoms with van der Waals surface area (Å²) >= 11 is 0. The standard InChI is InChI=1S/C15H22N4O3.ClH/c16-8-7-14(20)18-11-3-5-12(6-4-11)19-15(21)17-10-13-2-1-9-22-13;/h3-6,13H,1-2,7-10,16H2,(H,18,20)(H2,17,19,21);1H. The van der Waals surface area contributed by atoms with E-state index in [4.69, 9.17) is 10.5 Å². The molecule has 1 fully saturated rings. The molecule has 0 radical (unpaired) electrons. The van der Waals surface area contributed by atoms with Crippen molar-refractivity contribution in [2.24, 2.45) is 5.73 Å². The van der Waals surface area contributed by atoms with E-state index < -0.39 is 0 Å². The molecule has 1 aromatic carbocycles. The molecule has 23 heavy (non-hydrogen) atoms. The Morgan fingerprint density at radius 1 is 1.17 bits per heavy atom. The Bertz CT molecular complexity index is 504. The fourth-order valence-corrected chi connectivity index (χ4v) is 2.18. The van der Waals surface area contributed by atoms with Crippen molar-refractivity contribution in [1.82, 2.24) is 5.32 Å². The minimum Gasteiger partial charge on any atom is -0.376 e. The van der Waals surface area contributed by atoms with Crippen LogP contribution in [0.5, 0.6) is 0 Å². The largest absolute Gasteiger partial charge is 0.376 e. The van der Waals surface area contributed by atoms with Crippen LogP contribution in [0, 0.1) is 0 Å². The third kappa shape index (κ3) is 6.85. The number of urea groups is 1. The minimum absolute atomic E-state index is 0. The Balaban J connectivity index is 0.00000264. The van der Waals surface area contributed by atoms with Crippen molar-refractivity contribution in [2.45, 2.75) is 25.4 Å². The maximum absolute atomic E-state index is 11.8. The molecule has 8 heteroatoms. The molecular formula is C15H23ClN4O3. The molecule has 0 bridgehead atoms. The molecule has 7 nitrogen and oxygen atoms in total. The lowest BCUT2D eigenvalue weighted by Gasteiger charge is -2.12. The van der Waals surface area contributed by atoms with Gasteiger partial charge in [-0.05, 0) is 37.1 Å². The zero-order valence-corrected chi connectivity index (χ0v) is 13.7. The average molecular weight is 343 g/mol. The maximum atomic E-state index is 11.8. The highest BCUT2D eigenvalue weighted by atomic mass is 35.5. The van der Waals surface area contributed by atoms with E-state index in [1.54, 1.807) is 24.3 Å². The number of anilines is 2. The summed E-state index contributed by atoms with van der Waals surface area (Å²) in [6, 6.07) is 6.64. The number of rotatable bonds is 6. The van der Waals surface area contributed by atoms with Gasteiger partial charge in [0.2, 0.25) is 5.91 Å². The molecule has 1 heterocycles. The zero-order chi connectivity index (χ0) is 15.8. The summed E-state index contributed by atoms with van der Waals surface area (Å²) in [5.74, 6) is -0.127. The van der Waals surface area contributed by atoms with Gasteiger partial charge in [-0.1, -0.05) is 0 Å². The SMILES string of the molecule is Cl.NCCC(=O)Nc1ccc(NC(=O)NCC2CCCO2)cc1. The van der Waals surface area contributed by atoms with E-state index in [1.165, 1.54) is 0 Å². The van der Waals surface area contributed by atoms with E-state index in [1.807, 2.05) is 0 Å². The van der Waals surface area contributed by atoms with Gasteiger partial charge in [0.25, 0.3) is 0 Å². The van der Waals surface area contributed by atoms with Gasteiger partial charge in [-0.2, -0.15) is 0 Å². The predicted octanol–water partition coefficient (Wildman–Crippen LogP) is 1.70. The summed E-state index contributed by atoms with van der Waals surface area (Å²) in [4.78, 5) is 23.2. The second-order valence-corrected chi connectivity index (χ2v) is 5.13. The van der Waals surface area contributed by atoms with Crippen LogP contribution in [0.1, 0.15) is 19.3 Å². The second-order valence-electron chi connectivity index (χ2n) is 5.13. The van der Waals surface area contributed by atoms with Crippen molar-refractivity contribution in [3.8, 4) is 0 Å². The fraction of sp³-hybridized carbons (Fsp3) is 0.467. The number of carbonyl (C=O) groups is 2. The smallest absolute Gasteiger partial charge is 0.319 e. The number of halogens is 1. The monoisotopic (exact) mass is 342 g/mol. The third-order valence-corrected chi connectivity index (χ3v) is 3.31. The van der Waals surface area contributed by atoms with Crippen LogP contribution < -0.4 is 21.7 Å². The Labute approximate surface area is 141 Å². The summed E-state index contributed by atoms with van der Waals surface area (Å²) in [6.45, 7) is 1.60. The summed E-state index contributed by atoms with van der Waals surface area (Å²) < 4.78 is 5.43. The Morgan fingerprint density at radius 2 is 1.83 bits per heavy atom. The van der Waals surface area contributed by atoms with Crippen LogP contribution in [0.3, 0.4) is 0 Å². The first-order valence-electron chi connectivity index (χ1n) is 7.44. The van der Waals surface area contributed by atoms with Crippen LogP contribution in [-0.4, -0.2) is 37.7 Å². The number of hydrogen-bond donors (Lipinski definition) is 4. The van der Waals surface area contributed by atoms with Crippen LogP contribution in [-0.2, 0) is 9.53 Å². The van der Waals surface area contributed by atoms with Gasteiger partial charge in [-0.25, -0.2) is 4.79 Å². The first-order valence-corrected chi connectivity index (χ1v) is 7.44. The first kappa shape index (κ1) is 19.2. The lowest BCUT2D eigenvalue weighted by Crippen LogP contribution is -2.35. The van der Waals surface area contributed by atoms with Gasteiger partial charge in [0.05, 0.1) is 6.10 Å². The van der Waals surface area contributed by atoms with Gasteiger partial charge < -0.3 is 26.4 Å². The predicted molar refractivity (Wildman–Crippen MR) is 92.0 cm³/mol. The Morgan fingerprint density at radius 3 is 2.39 bits per heavy atom. The topological polar surface area (TPSA) is 105 Å². The molecule has 1 aliphatic rings. The van der Waals surface area contributed by atoms with Crippen molar-refractivity contribution in [3.63, 3.8) is 0 Å². The first-order chi connectivity index (χ1) is 10.7. The lowest BCUT2D eigenvalue weighted by atomic mass is 10.2. The summed E-state index contributed by atoms with van der Waals surface area (Å²) in [6.07, 6.45) is 2.43. The zero-order valence-electron chi connectivity index (χ0n) is 12.8. The van der Waals surface area contributed by atoms with Gasteiger partial charge in [-0.3, -0.25) is 4.79 Å². The van der Waals surface area contributed by atoms with Crippen LogP contribution in [0.15, 0.2) is 24.3 Å². The van der Waals surface area contributed by atoms with E-state index in [-0.39, 0.29) is 36.9 Å². The number of nitrogens with two attached hydrogens (primary N) is 1. The molecule has 128 valence electrons. The van der Waals surface area contributed by atoms with E-state index >= 15 is 0 Å². The highest BCUT2D eigenvalue weighted by Gasteiger charge is 2.16. The molecule has 1 unspecified atom stereocenters. The molecule has 2 rings (SSSR count). The molecule has 1 aliphatic heterocycles. The molecule has 1 aromatic rings. The van der Waals surface area contributed by atoms with Gasteiger partial charge >= 0.3 is 6.03 Å². The van der Waals surface area contributed by atoms with Crippen LogP contribution >= 0.6 is 12.4 Å². The molecule has 0 aliphatic carbocycles. The quantitative estimate of drug-likeness (QED) is 0.631. The van der Waals surface area contributed by atoms with Crippen molar-refractivity contribution < 1.29 is 14.3 Å². The molecular weight excluding hydrogens is 320 g/mol. The van der Waals surface area contributed by atoms with Crippen LogP contribution in [0.25, 0.3) is 0 Å². The van der Waals surface area contributed by atoms with Crippen molar-refractivity contribution in [1.29, 1.82) is 0 Å². The summed E-state index contributed by atoms with van der Waals surface area (Å²) in [5.41, 5.74) is 6.64. The van der Waals surface area contributed by atoms with Crippen molar-refractivity contribution in [2.75, 3.05) is 30.3 Å². The summed E-state index contributed by atoms with van der Waals surface area (Å²) in [5, 5.41) is 8.23. The third-order valence-electron chi connectivity index (χ3n) is 3.31. The fourth-order valence-electron chi connectivity index (χ4n) is 2.18. The maximum Gasteiger partial charge on any atom is 0.319 e. The highest BCUT2D eigenvalue weighted by molar-refractivity contribution is 5.92. The average Bonchev–Trinajstić information content (AvgIpc) is 3.01. The Hall–Kier alpha value is -1.83. The number of carbonyl (C=O) groups excluding carboxylic acids is 2. The van der Waals surface area contributed by atoms with Gasteiger partial charge in [-0.15, -0.1) is 12.4 Å². The van der Waals surface area contributed by atoms with E-state index in [0.717, 1.165) is 19.4 Å². The lowest BCUT2D eigenvalue weighted by molar-refractivity contribution is -0.116. The van der Waals surface area contributed by atoms with Crippen LogP contribution in [0.2, 0.25) is 0 Å². The second kappa shape index (κ2) is 10.0. The molecule has 0 spiro atoms. The van der Waals surface area contributed by atoms with Crippen molar-refractivity contribution >= 4 is 35.7 Å².